The highest BCUT2D eigenvalue weighted by molar-refractivity contribution is 6.32. The Bertz CT molecular complexity index is 520. The molecule has 2 aromatic rings. The van der Waals surface area contributed by atoms with E-state index >= 15 is 0 Å². The molecule has 0 spiro atoms. The van der Waals surface area contributed by atoms with E-state index in [1.807, 2.05) is 18.3 Å². The topological polar surface area (TPSA) is 30.7 Å². The molecule has 2 heterocycles. The van der Waals surface area contributed by atoms with Crippen molar-refractivity contribution in [2.24, 2.45) is 0 Å². The third-order valence-electron chi connectivity index (χ3n) is 2.45. The summed E-state index contributed by atoms with van der Waals surface area (Å²) in [7, 11) is 0. The molecular formula is C12H13Cl2N3. The lowest BCUT2D eigenvalue weighted by Gasteiger charge is -2.05. The minimum atomic E-state index is 0.386. The third-order valence-corrected chi connectivity index (χ3v) is 3.04. The average molecular weight is 270 g/mol. The predicted octanol–water partition coefficient (Wildman–Crippen LogP) is 3.78. The molecule has 17 heavy (non-hydrogen) atoms. The second-order valence-corrected chi connectivity index (χ2v) is 4.80. The van der Waals surface area contributed by atoms with Crippen LogP contribution in [-0.4, -0.2) is 14.8 Å². The highest BCUT2D eigenvalue weighted by Gasteiger charge is 2.09. The molecule has 2 rings (SSSR count). The Morgan fingerprint density at radius 3 is 2.71 bits per heavy atom. The van der Waals surface area contributed by atoms with Crippen molar-refractivity contribution in [2.45, 2.75) is 25.6 Å². The number of aromatic nitrogens is 3. The summed E-state index contributed by atoms with van der Waals surface area (Å²) in [6, 6.07) is 3.78. The molecule has 0 radical (unpaired) electrons. The van der Waals surface area contributed by atoms with Gasteiger partial charge in [-0.15, -0.1) is 11.6 Å². The van der Waals surface area contributed by atoms with Gasteiger partial charge in [0.25, 0.3) is 0 Å². The minimum Gasteiger partial charge on any atom is -0.235 e. The molecule has 0 aliphatic carbocycles. The van der Waals surface area contributed by atoms with Crippen molar-refractivity contribution in [3.05, 3.63) is 40.8 Å². The fourth-order valence-corrected chi connectivity index (χ4v) is 1.90. The van der Waals surface area contributed by atoms with Crippen LogP contribution >= 0.6 is 23.2 Å². The van der Waals surface area contributed by atoms with Crippen LogP contribution in [0.3, 0.4) is 0 Å². The van der Waals surface area contributed by atoms with Crippen LogP contribution in [0.15, 0.2) is 24.5 Å². The summed E-state index contributed by atoms with van der Waals surface area (Å²) < 4.78 is 1.69. The first-order chi connectivity index (χ1) is 8.11. The lowest BCUT2D eigenvalue weighted by atomic mass is 10.1. The summed E-state index contributed by atoms with van der Waals surface area (Å²) in [6.07, 6.45) is 3.58. The van der Waals surface area contributed by atoms with Crippen LogP contribution in [0, 0.1) is 0 Å². The molecule has 90 valence electrons. The highest BCUT2D eigenvalue weighted by Crippen LogP contribution is 2.21. The molecule has 0 aliphatic heterocycles. The zero-order chi connectivity index (χ0) is 12.4. The van der Waals surface area contributed by atoms with E-state index in [0.717, 1.165) is 11.3 Å². The highest BCUT2D eigenvalue weighted by atomic mass is 35.5. The molecule has 0 saturated carbocycles. The molecule has 0 N–H and O–H groups in total. The van der Waals surface area contributed by atoms with Gasteiger partial charge in [-0.2, -0.15) is 5.10 Å². The Kier molecular flexibility index (Phi) is 3.69. The van der Waals surface area contributed by atoms with Crippen molar-refractivity contribution in [3.63, 3.8) is 0 Å². The summed E-state index contributed by atoms with van der Waals surface area (Å²) in [4.78, 5) is 4.28. The Morgan fingerprint density at radius 2 is 2.18 bits per heavy atom. The summed E-state index contributed by atoms with van der Waals surface area (Å²) >= 11 is 11.9. The standard InChI is InChI=1S/C12H13Cl2N3/c1-8(2)11-3-4-17(16-11)12-10(14)5-9(6-13)7-15-12/h3-5,7-8H,6H2,1-2H3. The maximum absolute atomic E-state index is 6.15. The predicted molar refractivity (Wildman–Crippen MR) is 70.0 cm³/mol. The van der Waals surface area contributed by atoms with E-state index in [-0.39, 0.29) is 0 Å². The maximum atomic E-state index is 6.15. The van der Waals surface area contributed by atoms with Gasteiger partial charge in [0.05, 0.1) is 10.7 Å². The molecule has 0 aliphatic rings. The van der Waals surface area contributed by atoms with Crippen LogP contribution in [0.2, 0.25) is 5.02 Å². The molecular weight excluding hydrogens is 257 g/mol. The summed E-state index contributed by atoms with van der Waals surface area (Å²) in [6.45, 7) is 4.19. The Balaban J connectivity index is 2.38. The quantitative estimate of drug-likeness (QED) is 0.794. The zero-order valence-corrected chi connectivity index (χ0v) is 11.2. The van der Waals surface area contributed by atoms with Crippen LogP contribution in [0.4, 0.5) is 0 Å². The van der Waals surface area contributed by atoms with Crippen LogP contribution in [0.5, 0.6) is 0 Å². The number of halogens is 2. The van der Waals surface area contributed by atoms with Gasteiger partial charge in [-0.3, -0.25) is 0 Å². The van der Waals surface area contributed by atoms with Gasteiger partial charge in [-0.25, -0.2) is 9.67 Å². The average Bonchev–Trinajstić information content (AvgIpc) is 2.78. The molecule has 0 aromatic carbocycles. The normalized spacial score (nSPS) is 11.1. The van der Waals surface area contributed by atoms with Crippen LogP contribution in [-0.2, 0) is 5.88 Å². The second kappa shape index (κ2) is 5.07. The van der Waals surface area contributed by atoms with E-state index in [9.17, 15) is 0 Å². The van der Waals surface area contributed by atoms with Gasteiger partial charge < -0.3 is 0 Å². The molecule has 0 fully saturated rings. The fourth-order valence-electron chi connectivity index (χ4n) is 1.48. The van der Waals surface area contributed by atoms with Gasteiger partial charge in [0.2, 0.25) is 0 Å². The number of pyridine rings is 1. The lowest BCUT2D eigenvalue weighted by Crippen LogP contribution is -2.01. The zero-order valence-electron chi connectivity index (χ0n) is 9.69. The van der Waals surface area contributed by atoms with Crippen molar-refractivity contribution in [2.75, 3.05) is 0 Å². The van der Waals surface area contributed by atoms with Crippen molar-refractivity contribution < 1.29 is 0 Å². The van der Waals surface area contributed by atoms with Gasteiger partial charge in [-0.1, -0.05) is 25.4 Å². The van der Waals surface area contributed by atoms with Crippen molar-refractivity contribution in [3.8, 4) is 5.82 Å². The van der Waals surface area contributed by atoms with E-state index in [2.05, 4.69) is 23.9 Å². The molecule has 3 nitrogen and oxygen atoms in total. The van der Waals surface area contributed by atoms with Crippen LogP contribution in [0.25, 0.3) is 5.82 Å². The molecule has 0 atom stereocenters. The van der Waals surface area contributed by atoms with Crippen molar-refractivity contribution in [1.29, 1.82) is 0 Å². The number of hydrogen-bond acceptors (Lipinski definition) is 2. The minimum absolute atomic E-state index is 0.386. The SMILES string of the molecule is CC(C)c1ccn(-c2ncc(CCl)cc2Cl)n1. The van der Waals surface area contributed by atoms with Gasteiger partial charge in [0, 0.05) is 18.3 Å². The van der Waals surface area contributed by atoms with E-state index in [0.29, 0.717) is 22.6 Å². The largest absolute Gasteiger partial charge is 0.235 e. The first-order valence-corrected chi connectivity index (χ1v) is 6.29. The number of rotatable bonds is 3. The van der Waals surface area contributed by atoms with E-state index in [4.69, 9.17) is 23.2 Å². The summed E-state index contributed by atoms with van der Waals surface area (Å²) in [5.41, 5.74) is 1.92. The van der Waals surface area contributed by atoms with E-state index in [1.54, 1.807) is 10.9 Å². The number of alkyl halides is 1. The second-order valence-electron chi connectivity index (χ2n) is 4.12. The molecule has 0 saturated heterocycles. The van der Waals surface area contributed by atoms with Crippen LogP contribution in [0.1, 0.15) is 31.0 Å². The monoisotopic (exact) mass is 269 g/mol. The van der Waals surface area contributed by atoms with Crippen molar-refractivity contribution >= 4 is 23.2 Å². The number of hydrogen-bond donors (Lipinski definition) is 0. The molecule has 0 amide bonds. The van der Waals surface area contributed by atoms with Gasteiger partial charge in [0.1, 0.15) is 0 Å². The van der Waals surface area contributed by atoms with Crippen LogP contribution < -0.4 is 0 Å². The Hall–Kier alpha value is -1.06. The first kappa shape index (κ1) is 12.4. The Labute approximate surface area is 110 Å². The van der Waals surface area contributed by atoms with Gasteiger partial charge in [0.15, 0.2) is 5.82 Å². The van der Waals surface area contributed by atoms with Gasteiger partial charge >= 0.3 is 0 Å². The van der Waals surface area contributed by atoms with Gasteiger partial charge in [-0.05, 0) is 23.6 Å². The molecule has 0 bridgehead atoms. The van der Waals surface area contributed by atoms with E-state index in [1.165, 1.54) is 0 Å². The van der Waals surface area contributed by atoms with E-state index < -0.39 is 0 Å². The molecule has 2 aromatic heterocycles. The lowest BCUT2D eigenvalue weighted by molar-refractivity contribution is 0.757. The molecule has 0 unspecified atom stereocenters. The Morgan fingerprint density at radius 1 is 1.41 bits per heavy atom. The van der Waals surface area contributed by atoms with Crippen molar-refractivity contribution in [1.82, 2.24) is 14.8 Å². The fraction of sp³-hybridized carbons (Fsp3) is 0.333. The summed E-state index contributed by atoms with van der Waals surface area (Å²) in [5.74, 6) is 1.42. The first-order valence-electron chi connectivity index (χ1n) is 5.38. The smallest absolute Gasteiger partial charge is 0.172 e. The number of nitrogens with zero attached hydrogens (tertiary/aromatic N) is 3. The maximum Gasteiger partial charge on any atom is 0.172 e. The third kappa shape index (κ3) is 2.61. The molecule has 5 heteroatoms. The summed E-state index contributed by atoms with van der Waals surface area (Å²) in [5, 5.41) is 4.99.